The minimum atomic E-state index is -3.74. The van der Waals surface area contributed by atoms with Gasteiger partial charge in [-0.2, -0.15) is 0 Å². The van der Waals surface area contributed by atoms with Crippen LogP contribution < -0.4 is 9.46 Å². The Labute approximate surface area is 172 Å². The summed E-state index contributed by atoms with van der Waals surface area (Å²) in [6.07, 6.45) is 3.39. The van der Waals surface area contributed by atoms with Gasteiger partial charge in [-0.25, -0.2) is 13.1 Å². The molecule has 1 fully saturated rings. The van der Waals surface area contributed by atoms with Crippen LogP contribution in [-0.2, 0) is 16.4 Å². The van der Waals surface area contributed by atoms with E-state index in [4.69, 9.17) is 4.74 Å². The summed E-state index contributed by atoms with van der Waals surface area (Å²) in [6.45, 7) is 3.22. The molecule has 1 aliphatic heterocycles. The number of sulfonamides is 1. The highest BCUT2D eigenvalue weighted by molar-refractivity contribution is 7.89. The molecule has 0 radical (unpaired) electrons. The Hall–Kier alpha value is -2.38. The third-order valence-corrected chi connectivity index (χ3v) is 6.76. The molecular weight excluding hydrogens is 388 g/mol. The maximum absolute atomic E-state index is 12.9. The fourth-order valence-electron chi connectivity index (χ4n) is 3.53. The molecule has 1 atom stereocenters. The standard InChI is InChI=1S/C22H28N2O4S/c1-17(10-11-18-8-4-3-5-9-18)23-29(26,27)19-12-13-21(28-2)20(16-19)22(25)24-14-6-7-15-24/h3-5,8-9,12-13,16-17,23H,6-7,10-11,14-15H2,1-2H3/t17-/m1/s1. The molecule has 2 aromatic carbocycles. The molecule has 0 bridgehead atoms. The maximum atomic E-state index is 12.9. The maximum Gasteiger partial charge on any atom is 0.257 e. The zero-order chi connectivity index (χ0) is 20.9. The minimum absolute atomic E-state index is 0.0763. The van der Waals surface area contributed by atoms with Crippen molar-refractivity contribution in [2.24, 2.45) is 0 Å². The molecule has 0 spiro atoms. The Morgan fingerprint density at radius 1 is 1.14 bits per heavy atom. The second-order valence-electron chi connectivity index (χ2n) is 7.41. The van der Waals surface area contributed by atoms with E-state index < -0.39 is 10.0 Å². The first-order valence-electron chi connectivity index (χ1n) is 9.94. The number of benzene rings is 2. The number of carbonyl (C=O) groups is 1. The van der Waals surface area contributed by atoms with Gasteiger partial charge in [-0.05, 0) is 56.4 Å². The van der Waals surface area contributed by atoms with E-state index in [1.165, 1.54) is 24.8 Å². The van der Waals surface area contributed by atoms with Crippen molar-refractivity contribution in [2.45, 2.75) is 43.5 Å². The highest BCUT2D eigenvalue weighted by Gasteiger charge is 2.25. The quantitative estimate of drug-likeness (QED) is 0.717. The van der Waals surface area contributed by atoms with Crippen molar-refractivity contribution >= 4 is 15.9 Å². The second-order valence-corrected chi connectivity index (χ2v) is 9.12. The molecule has 0 unspecified atom stereocenters. The first-order valence-corrected chi connectivity index (χ1v) is 11.4. The van der Waals surface area contributed by atoms with Gasteiger partial charge >= 0.3 is 0 Å². The summed E-state index contributed by atoms with van der Waals surface area (Å²) in [4.78, 5) is 14.6. The topological polar surface area (TPSA) is 75.7 Å². The number of nitrogens with one attached hydrogen (secondary N) is 1. The van der Waals surface area contributed by atoms with Crippen molar-refractivity contribution in [3.8, 4) is 5.75 Å². The summed E-state index contributed by atoms with van der Waals surface area (Å²) >= 11 is 0. The summed E-state index contributed by atoms with van der Waals surface area (Å²) in [5.74, 6) is 0.200. The number of carbonyl (C=O) groups excluding carboxylic acids is 1. The third kappa shape index (κ3) is 5.36. The molecule has 29 heavy (non-hydrogen) atoms. The zero-order valence-electron chi connectivity index (χ0n) is 16.9. The van der Waals surface area contributed by atoms with E-state index in [1.54, 1.807) is 11.0 Å². The molecule has 3 rings (SSSR count). The van der Waals surface area contributed by atoms with E-state index in [1.807, 2.05) is 37.3 Å². The molecular formula is C22H28N2O4S. The Bertz CT molecular complexity index is 939. The number of ether oxygens (including phenoxy) is 1. The van der Waals surface area contributed by atoms with Crippen LogP contribution in [0.4, 0.5) is 0 Å². The summed E-state index contributed by atoms with van der Waals surface area (Å²) in [7, 11) is -2.26. The van der Waals surface area contributed by atoms with Crippen molar-refractivity contribution in [1.29, 1.82) is 0 Å². The van der Waals surface area contributed by atoms with E-state index >= 15 is 0 Å². The number of hydrogen-bond acceptors (Lipinski definition) is 4. The number of amides is 1. The van der Waals surface area contributed by atoms with Gasteiger partial charge in [0.2, 0.25) is 10.0 Å². The average molecular weight is 417 g/mol. The van der Waals surface area contributed by atoms with Gasteiger partial charge in [0.25, 0.3) is 5.91 Å². The molecule has 156 valence electrons. The lowest BCUT2D eigenvalue weighted by Crippen LogP contribution is -2.33. The van der Waals surface area contributed by atoms with E-state index in [2.05, 4.69) is 4.72 Å². The SMILES string of the molecule is COc1ccc(S(=O)(=O)N[C@H](C)CCc2ccccc2)cc1C(=O)N1CCCC1. The number of hydrogen-bond donors (Lipinski definition) is 1. The smallest absolute Gasteiger partial charge is 0.257 e. The molecule has 1 N–H and O–H groups in total. The first-order chi connectivity index (χ1) is 13.9. The molecule has 2 aromatic rings. The minimum Gasteiger partial charge on any atom is -0.496 e. The summed E-state index contributed by atoms with van der Waals surface area (Å²) in [6, 6.07) is 14.2. The Morgan fingerprint density at radius 2 is 1.83 bits per heavy atom. The van der Waals surface area contributed by atoms with Gasteiger partial charge < -0.3 is 9.64 Å². The lowest BCUT2D eigenvalue weighted by atomic mass is 10.1. The first kappa shape index (κ1) is 21.3. The zero-order valence-corrected chi connectivity index (χ0v) is 17.7. The van der Waals surface area contributed by atoms with Gasteiger partial charge in [-0.3, -0.25) is 4.79 Å². The van der Waals surface area contributed by atoms with E-state index in [-0.39, 0.29) is 22.4 Å². The van der Waals surface area contributed by atoms with Crippen LogP contribution in [0.2, 0.25) is 0 Å². The van der Waals surface area contributed by atoms with Crippen LogP contribution in [0.25, 0.3) is 0 Å². The van der Waals surface area contributed by atoms with Crippen LogP contribution in [0.5, 0.6) is 5.75 Å². The number of rotatable bonds is 8. The van der Waals surface area contributed by atoms with Crippen molar-refractivity contribution in [2.75, 3.05) is 20.2 Å². The lowest BCUT2D eigenvalue weighted by molar-refractivity contribution is 0.0789. The number of aryl methyl sites for hydroxylation is 1. The number of nitrogens with zero attached hydrogens (tertiary/aromatic N) is 1. The van der Waals surface area contributed by atoms with Crippen LogP contribution in [0.1, 0.15) is 42.1 Å². The normalized spacial score (nSPS) is 15.3. The third-order valence-electron chi connectivity index (χ3n) is 5.17. The largest absolute Gasteiger partial charge is 0.496 e. The number of likely N-dealkylation sites (tertiary alicyclic amines) is 1. The average Bonchev–Trinajstić information content (AvgIpc) is 3.26. The molecule has 0 aliphatic carbocycles. The molecule has 1 heterocycles. The number of methoxy groups -OCH3 is 1. The lowest BCUT2D eigenvalue weighted by Gasteiger charge is -2.19. The van der Waals surface area contributed by atoms with Gasteiger partial charge in [-0.15, -0.1) is 0 Å². The molecule has 6 nitrogen and oxygen atoms in total. The predicted molar refractivity (Wildman–Crippen MR) is 113 cm³/mol. The monoisotopic (exact) mass is 416 g/mol. The highest BCUT2D eigenvalue weighted by atomic mass is 32.2. The van der Waals surface area contributed by atoms with E-state index in [9.17, 15) is 13.2 Å². The summed E-state index contributed by atoms with van der Waals surface area (Å²) in [5.41, 5.74) is 1.45. The Morgan fingerprint density at radius 3 is 2.48 bits per heavy atom. The molecule has 7 heteroatoms. The van der Waals surface area contributed by atoms with Crippen LogP contribution >= 0.6 is 0 Å². The van der Waals surface area contributed by atoms with Gasteiger partial charge in [0.05, 0.1) is 17.6 Å². The van der Waals surface area contributed by atoms with Gasteiger partial charge in [0.15, 0.2) is 0 Å². The fraction of sp³-hybridized carbons (Fsp3) is 0.409. The molecule has 1 amide bonds. The summed E-state index contributed by atoms with van der Waals surface area (Å²) < 4.78 is 33.8. The Balaban J connectivity index is 1.73. The van der Waals surface area contributed by atoms with E-state index in [0.29, 0.717) is 25.3 Å². The predicted octanol–water partition coefficient (Wildman–Crippen LogP) is 3.23. The van der Waals surface area contributed by atoms with Gasteiger partial charge in [0.1, 0.15) is 5.75 Å². The van der Waals surface area contributed by atoms with Crippen LogP contribution in [0.3, 0.4) is 0 Å². The van der Waals surface area contributed by atoms with Crippen LogP contribution in [-0.4, -0.2) is 45.5 Å². The van der Waals surface area contributed by atoms with Crippen molar-refractivity contribution in [3.05, 3.63) is 59.7 Å². The molecule has 0 aromatic heterocycles. The summed E-state index contributed by atoms with van der Waals surface area (Å²) in [5, 5.41) is 0. The van der Waals surface area contributed by atoms with Crippen molar-refractivity contribution in [1.82, 2.24) is 9.62 Å². The van der Waals surface area contributed by atoms with E-state index in [0.717, 1.165) is 19.3 Å². The highest BCUT2D eigenvalue weighted by Crippen LogP contribution is 2.25. The van der Waals surface area contributed by atoms with Gasteiger partial charge in [0, 0.05) is 19.1 Å². The Kier molecular flexibility index (Phi) is 6.92. The second kappa shape index (κ2) is 9.41. The van der Waals surface area contributed by atoms with Crippen molar-refractivity contribution in [3.63, 3.8) is 0 Å². The molecule has 0 saturated carbocycles. The molecule has 1 saturated heterocycles. The van der Waals surface area contributed by atoms with Crippen LogP contribution in [0, 0.1) is 0 Å². The van der Waals surface area contributed by atoms with Crippen molar-refractivity contribution < 1.29 is 17.9 Å². The van der Waals surface area contributed by atoms with Gasteiger partial charge in [-0.1, -0.05) is 30.3 Å². The molecule has 1 aliphatic rings. The van der Waals surface area contributed by atoms with Crippen LogP contribution in [0.15, 0.2) is 53.4 Å². The fourth-order valence-corrected chi connectivity index (χ4v) is 4.84.